The molecule has 34 heavy (non-hydrogen) atoms. The minimum absolute atomic E-state index is 0.137. The second kappa shape index (κ2) is 10.1. The summed E-state index contributed by atoms with van der Waals surface area (Å²) in [7, 11) is -6.27. The van der Waals surface area contributed by atoms with Crippen molar-refractivity contribution in [3.8, 4) is 0 Å². The van der Waals surface area contributed by atoms with Gasteiger partial charge < -0.3 is 14.2 Å². The SMILES string of the molecule is COC1=C(OC)[C@@H](C(COS(=O)(=O)c2ccc(C)cc2)OS(=O)(=O)c2ccc(C)cc2)OC1=O. The first-order valence-electron chi connectivity index (χ1n) is 9.97. The van der Waals surface area contributed by atoms with Gasteiger partial charge in [-0.05, 0) is 38.1 Å². The summed E-state index contributed by atoms with van der Waals surface area (Å²) in [6.07, 6.45) is -3.06. The molecule has 10 nitrogen and oxygen atoms in total. The number of esters is 1. The minimum atomic E-state index is -4.41. The van der Waals surface area contributed by atoms with Crippen LogP contribution in [0, 0.1) is 13.8 Å². The fraction of sp³-hybridized carbons (Fsp3) is 0.318. The zero-order valence-corrected chi connectivity index (χ0v) is 20.5. The lowest BCUT2D eigenvalue weighted by Crippen LogP contribution is -2.38. The number of carbonyl (C=O) groups excluding carboxylic acids is 1. The van der Waals surface area contributed by atoms with Gasteiger partial charge in [0.1, 0.15) is 6.10 Å². The van der Waals surface area contributed by atoms with Crippen molar-refractivity contribution in [1.82, 2.24) is 0 Å². The van der Waals surface area contributed by atoms with Gasteiger partial charge in [-0.25, -0.2) is 4.79 Å². The van der Waals surface area contributed by atoms with Gasteiger partial charge in [0.05, 0.1) is 30.6 Å². The number of carbonyl (C=O) groups is 1. The van der Waals surface area contributed by atoms with Crippen molar-refractivity contribution < 1.29 is 44.2 Å². The lowest BCUT2D eigenvalue weighted by Gasteiger charge is -2.23. The van der Waals surface area contributed by atoms with E-state index in [9.17, 15) is 21.6 Å². The van der Waals surface area contributed by atoms with E-state index in [4.69, 9.17) is 22.6 Å². The fourth-order valence-corrected chi connectivity index (χ4v) is 5.09. The highest BCUT2D eigenvalue weighted by Crippen LogP contribution is 2.30. The molecule has 0 radical (unpaired) electrons. The summed E-state index contributed by atoms with van der Waals surface area (Å²) < 4.78 is 76.9. The summed E-state index contributed by atoms with van der Waals surface area (Å²) in [5.74, 6) is -1.38. The van der Waals surface area contributed by atoms with E-state index in [0.29, 0.717) is 0 Å². The maximum atomic E-state index is 12.9. The van der Waals surface area contributed by atoms with Crippen LogP contribution in [0.5, 0.6) is 0 Å². The highest BCUT2D eigenvalue weighted by molar-refractivity contribution is 7.87. The van der Waals surface area contributed by atoms with Crippen LogP contribution in [-0.2, 0) is 47.6 Å². The van der Waals surface area contributed by atoms with Crippen LogP contribution in [0.1, 0.15) is 11.1 Å². The molecule has 2 aromatic carbocycles. The second-order valence-electron chi connectivity index (χ2n) is 7.38. The Kier molecular flexibility index (Phi) is 7.66. The molecule has 0 fully saturated rings. The predicted molar refractivity (Wildman–Crippen MR) is 118 cm³/mol. The third kappa shape index (κ3) is 5.58. The van der Waals surface area contributed by atoms with Crippen molar-refractivity contribution in [2.75, 3.05) is 20.8 Å². The number of hydrogen-bond donors (Lipinski definition) is 0. The van der Waals surface area contributed by atoms with E-state index >= 15 is 0 Å². The van der Waals surface area contributed by atoms with Crippen molar-refractivity contribution in [2.24, 2.45) is 0 Å². The number of cyclic esters (lactones) is 1. The third-order valence-corrected chi connectivity index (χ3v) is 7.57. The Balaban J connectivity index is 1.93. The Bertz CT molecular complexity index is 1280. The first-order valence-corrected chi connectivity index (χ1v) is 12.8. The van der Waals surface area contributed by atoms with Crippen molar-refractivity contribution in [2.45, 2.75) is 35.8 Å². The Labute approximate surface area is 198 Å². The first kappa shape index (κ1) is 25.7. The number of benzene rings is 2. The molecule has 1 aliphatic heterocycles. The summed E-state index contributed by atoms with van der Waals surface area (Å²) in [4.78, 5) is 11.9. The first-order chi connectivity index (χ1) is 16.0. The molecule has 1 unspecified atom stereocenters. The molecule has 2 aromatic rings. The Morgan fingerprint density at radius 2 is 1.32 bits per heavy atom. The van der Waals surface area contributed by atoms with Crippen molar-refractivity contribution in [3.63, 3.8) is 0 Å². The van der Waals surface area contributed by atoms with Crippen LogP contribution in [-0.4, -0.2) is 55.8 Å². The summed E-state index contributed by atoms with van der Waals surface area (Å²) in [5.41, 5.74) is 1.66. The molecule has 1 aliphatic rings. The van der Waals surface area contributed by atoms with Crippen LogP contribution in [0.15, 0.2) is 69.8 Å². The average molecular weight is 513 g/mol. The number of hydrogen-bond acceptors (Lipinski definition) is 10. The molecule has 2 atom stereocenters. The smallest absolute Gasteiger partial charge is 0.378 e. The van der Waals surface area contributed by atoms with Crippen LogP contribution in [0.3, 0.4) is 0 Å². The van der Waals surface area contributed by atoms with Gasteiger partial charge in [-0.3, -0.25) is 8.37 Å². The molecule has 0 saturated heterocycles. The molecule has 3 rings (SSSR count). The van der Waals surface area contributed by atoms with Crippen molar-refractivity contribution in [1.29, 1.82) is 0 Å². The molecular weight excluding hydrogens is 488 g/mol. The van der Waals surface area contributed by atoms with Gasteiger partial charge in [0.15, 0.2) is 11.9 Å². The number of rotatable bonds is 10. The van der Waals surface area contributed by atoms with Crippen molar-refractivity contribution in [3.05, 3.63) is 71.2 Å². The summed E-state index contributed by atoms with van der Waals surface area (Å²) >= 11 is 0. The standard InChI is InChI=1S/C22H24O10S2/c1-14-5-9-16(10-6-14)33(24,25)30-13-18(19-20(28-3)21(29-4)22(23)31-19)32-34(26,27)17-11-7-15(2)8-12-17/h5-12,18-19H,13H2,1-4H3/t18?,19-/m1/s1. The molecule has 0 N–H and O–H groups in total. The van der Waals surface area contributed by atoms with E-state index in [0.717, 1.165) is 11.1 Å². The Hall–Kier alpha value is -2.93. The molecule has 0 amide bonds. The van der Waals surface area contributed by atoms with E-state index in [2.05, 4.69) is 0 Å². The molecule has 0 saturated carbocycles. The molecule has 0 bridgehead atoms. The lowest BCUT2D eigenvalue weighted by atomic mass is 10.2. The second-order valence-corrected chi connectivity index (χ2v) is 10.6. The molecule has 12 heteroatoms. The topological polar surface area (TPSA) is 132 Å². The molecule has 184 valence electrons. The third-order valence-electron chi connectivity index (χ3n) is 4.92. The Morgan fingerprint density at radius 1 is 0.824 bits per heavy atom. The van der Waals surface area contributed by atoms with Gasteiger partial charge in [-0.2, -0.15) is 16.8 Å². The average Bonchev–Trinajstić information content (AvgIpc) is 3.12. The molecule has 0 spiro atoms. The zero-order valence-electron chi connectivity index (χ0n) is 18.9. The molecule has 0 aromatic heterocycles. The number of ether oxygens (including phenoxy) is 3. The van der Waals surface area contributed by atoms with Gasteiger partial charge in [0, 0.05) is 0 Å². The molecule has 1 heterocycles. The van der Waals surface area contributed by atoms with Gasteiger partial charge in [-0.1, -0.05) is 35.4 Å². The predicted octanol–water partition coefficient (Wildman–Crippen LogP) is 2.21. The van der Waals surface area contributed by atoms with E-state index < -0.39 is 45.0 Å². The van der Waals surface area contributed by atoms with E-state index in [1.807, 2.05) is 0 Å². The summed E-state index contributed by atoms with van der Waals surface area (Å²) in [5, 5.41) is 0. The van der Waals surface area contributed by atoms with Crippen LogP contribution in [0.2, 0.25) is 0 Å². The van der Waals surface area contributed by atoms with Gasteiger partial charge in [0.2, 0.25) is 5.76 Å². The molecule has 0 aliphatic carbocycles. The number of aryl methyl sites for hydroxylation is 2. The summed E-state index contributed by atoms with van der Waals surface area (Å²) in [6.45, 7) is 2.77. The van der Waals surface area contributed by atoms with Gasteiger partial charge in [-0.15, -0.1) is 0 Å². The largest absolute Gasteiger partial charge is 0.493 e. The maximum absolute atomic E-state index is 12.9. The van der Waals surface area contributed by atoms with E-state index in [1.165, 1.54) is 38.5 Å². The van der Waals surface area contributed by atoms with Crippen molar-refractivity contribution >= 4 is 26.2 Å². The normalized spacial score (nSPS) is 17.4. The van der Waals surface area contributed by atoms with Crippen LogP contribution >= 0.6 is 0 Å². The van der Waals surface area contributed by atoms with Gasteiger partial charge in [0.25, 0.3) is 20.2 Å². The highest BCUT2D eigenvalue weighted by Gasteiger charge is 2.45. The monoisotopic (exact) mass is 512 g/mol. The quantitative estimate of drug-likeness (QED) is 0.345. The highest BCUT2D eigenvalue weighted by atomic mass is 32.2. The molecular formula is C22H24O10S2. The fourth-order valence-electron chi connectivity index (χ4n) is 3.11. The van der Waals surface area contributed by atoms with E-state index in [-0.39, 0.29) is 21.3 Å². The maximum Gasteiger partial charge on any atom is 0.378 e. The summed E-state index contributed by atoms with van der Waals surface area (Å²) in [6, 6.07) is 11.7. The van der Waals surface area contributed by atoms with Crippen LogP contribution in [0.4, 0.5) is 0 Å². The zero-order chi connectivity index (χ0) is 25.1. The Morgan fingerprint density at radius 3 is 1.79 bits per heavy atom. The van der Waals surface area contributed by atoms with Gasteiger partial charge >= 0.3 is 5.97 Å². The van der Waals surface area contributed by atoms with E-state index in [1.54, 1.807) is 38.1 Å². The lowest BCUT2D eigenvalue weighted by molar-refractivity contribution is -0.147. The van der Waals surface area contributed by atoms with Crippen LogP contribution < -0.4 is 0 Å². The number of methoxy groups -OCH3 is 2. The van der Waals surface area contributed by atoms with Crippen LogP contribution in [0.25, 0.3) is 0 Å². The minimum Gasteiger partial charge on any atom is -0.493 e.